The molecular formula is C14H16F6N2O3S2. The summed E-state index contributed by atoms with van der Waals surface area (Å²) in [5.41, 5.74) is -0.279. The van der Waals surface area contributed by atoms with Gasteiger partial charge in [0, 0.05) is 23.4 Å². The molecule has 0 aromatic heterocycles. The van der Waals surface area contributed by atoms with Crippen molar-refractivity contribution in [3.05, 3.63) is 35.1 Å². The maximum Gasteiger partial charge on any atom is 0.402 e. The number of alkyl halides is 3. The summed E-state index contributed by atoms with van der Waals surface area (Å²) in [6, 6.07) is 0.122. The van der Waals surface area contributed by atoms with Crippen molar-refractivity contribution in [2.45, 2.75) is 30.5 Å². The molecule has 27 heavy (non-hydrogen) atoms. The Labute approximate surface area is 157 Å². The van der Waals surface area contributed by atoms with Crippen molar-refractivity contribution in [2.24, 2.45) is 0 Å². The first-order chi connectivity index (χ1) is 12.4. The van der Waals surface area contributed by atoms with Crippen molar-refractivity contribution >= 4 is 22.8 Å². The van der Waals surface area contributed by atoms with Gasteiger partial charge in [-0.25, -0.2) is 13.2 Å². The van der Waals surface area contributed by atoms with Crippen LogP contribution in [0.5, 0.6) is 0 Å². The van der Waals surface area contributed by atoms with Crippen LogP contribution in [0.2, 0.25) is 0 Å². The summed E-state index contributed by atoms with van der Waals surface area (Å²) in [6.07, 6.45) is -4.53. The van der Waals surface area contributed by atoms with Crippen LogP contribution in [0.4, 0.5) is 26.3 Å². The maximum atomic E-state index is 13.5. The topological polar surface area (TPSA) is 58.6 Å². The Morgan fingerprint density at radius 3 is 2.44 bits per heavy atom. The van der Waals surface area contributed by atoms with Gasteiger partial charge in [-0.3, -0.25) is 0 Å². The zero-order valence-corrected chi connectivity index (χ0v) is 15.4. The van der Waals surface area contributed by atoms with E-state index in [0.29, 0.717) is 12.1 Å². The van der Waals surface area contributed by atoms with Gasteiger partial charge < -0.3 is 4.74 Å². The number of ether oxygens (including phenoxy) is 1. The molecule has 1 aliphatic heterocycles. The Hall–Kier alpha value is -1.02. The molecule has 0 aliphatic carbocycles. The van der Waals surface area contributed by atoms with Gasteiger partial charge in [0.05, 0.1) is 19.3 Å². The van der Waals surface area contributed by atoms with E-state index in [9.17, 15) is 34.8 Å². The SMILES string of the molecule is O=S(=O)(NCC(F)(F)F)N1C[C@H](S)C[C@H]1COCc1cc(F)c(F)cc1F. The number of hydrogen-bond donors (Lipinski definition) is 2. The fraction of sp³-hybridized carbons (Fsp3) is 0.571. The molecule has 0 amide bonds. The Bertz CT molecular complexity index is 775. The van der Waals surface area contributed by atoms with Crippen LogP contribution in [-0.2, 0) is 21.6 Å². The Morgan fingerprint density at radius 2 is 1.81 bits per heavy atom. The predicted molar refractivity (Wildman–Crippen MR) is 86.8 cm³/mol. The molecule has 0 unspecified atom stereocenters. The summed E-state index contributed by atoms with van der Waals surface area (Å²) < 4.78 is 108. The van der Waals surface area contributed by atoms with Crippen LogP contribution in [-0.4, -0.2) is 49.9 Å². The summed E-state index contributed by atoms with van der Waals surface area (Å²) in [5.74, 6) is -3.67. The van der Waals surface area contributed by atoms with Crippen LogP contribution in [0.25, 0.3) is 0 Å². The largest absolute Gasteiger partial charge is 0.402 e. The minimum Gasteiger partial charge on any atom is -0.375 e. The van der Waals surface area contributed by atoms with Crippen LogP contribution >= 0.6 is 12.6 Å². The average molecular weight is 438 g/mol. The van der Waals surface area contributed by atoms with E-state index >= 15 is 0 Å². The molecular weight excluding hydrogens is 422 g/mol. The Kier molecular flexibility index (Phi) is 7.06. The predicted octanol–water partition coefficient (Wildman–Crippen LogP) is 2.39. The van der Waals surface area contributed by atoms with Crippen molar-refractivity contribution in [1.82, 2.24) is 9.03 Å². The third-order valence-electron chi connectivity index (χ3n) is 3.76. The summed E-state index contributed by atoms with van der Waals surface area (Å²) >= 11 is 4.14. The standard InChI is InChI=1S/C14H16F6N2O3S2/c15-11-3-13(17)12(16)1-8(11)5-25-6-9-2-10(26)4-22(9)27(23,24)21-7-14(18,19)20/h1,3,9-10,21,26H,2,4-7H2/t9-,10+/m0/s1. The van der Waals surface area contributed by atoms with Gasteiger partial charge in [0.25, 0.3) is 10.2 Å². The van der Waals surface area contributed by atoms with E-state index in [-0.39, 0.29) is 25.1 Å². The second-order valence-electron chi connectivity index (χ2n) is 5.93. The number of nitrogens with one attached hydrogen (secondary N) is 1. The molecule has 1 fully saturated rings. The minimum absolute atomic E-state index is 0.135. The molecule has 0 bridgehead atoms. The Morgan fingerprint density at radius 1 is 1.19 bits per heavy atom. The summed E-state index contributed by atoms with van der Waals surface area (Å²) in [5, 5.41) is -0.430. The van der Waals surface area contributed by atoms with Gasteiger partial charge >= 0.3 is 6.18 Å². The van der Waals surface area contributed by atoms with Gasteiger partial charge in [0.2, 0.25) is 0 Å². The zero-order chi connectivity index (χ0) is 20.4. The van der Waals surface area contributed by atoms with Gasteiger partial charge in [0.15, 0.2) is 11.6 Å². The number of benzene rings is 1. The first-order valence-electron chi connectivity index (χ1n) is 7.61. The van der Waals surface area contributed by atoms with E-state index in [4.69, 9.17) is 4.74 Å². The molecule has 2 atom stereocenters. The first-order valence-corrected chi connectivity index (χ1v) is 9.57. The van der Waals surface area contributed by atoms with E-state index in [1.165, 1.54) is 4.72 Å². The first kappa shape index (κ1) is 22.3. The van der Waals surface area contributed by atoms with Crippen molar-refractivity contribution < 1.29 is 39.5 Å². The molecule has 0 spiro atoms. The quantitative estimate of drug-likeness (QED) is 0.391. The molecule has 1 aromatic carbocycles. The highest BCUT2D eigenvalue weighted by Crippen LogP contribution is 2.26. The average Bonchev–Trinajstić information content (AvgIpc) is 2.91. The van der Waals surface area contributed by atoms with Gasteiger partial charge in [0.1, 0.15) is 12.4 Å². The fourth-order valence-electron chi connectivity index (χ4n) is 2.54. The molecule has 154 valence electrons. The molecule has 13 heteroatoms. The third-order valence-corrected chi connectivity index (χ3v) is 5.71. The van der Waals surface area contributed by atoms with E-state index in [2.05, 4.69) is 12.6 Å². The second kappa shape index (κ2) is 8.55. The number of nitrogens with zero attached hydrogens (tertiary/aromatic N) is 1. The highest BCUT2D eigenvalue weighted by molar-refractivity contribution is 7.87. The zero-order valence-electron chi connectivity index (χ0n) is 13.6. The lowest BCUT2D eigenvalue weighted by atomic mass is 10.2. The molecule has 1 aromatic rings. The van der Waals surface area contributed by atoms with E-state index in [0.717, 1.165) is 4.31 Å². The van der Waals surface area contributed by atoms with Crippen molar-refractivity contribution in [3.8, 4) is 0 Å². The van der Waals surface area contributed by atoms with Gasteiger partial charge in [-0.2, -0.15) is 43.2 Å². The molecule has 1 heterocycles. The summed E-state index contributed by atoms with van der Waals surface area (Å²) in [6.45, 7) is -2.62. The lowest BCUT2D eigenvalue weighted by Gasteiger charge is -2.24. The van der Waals surface area contributed by atoms with Crippen molar-refractivity contribution in [3.63, 3.8) is 0 Å². The Balaban J connectivity index is 1.99. The van der Waals surface area contributed by atoms with E-state index < -0.39 is 58.3 Å². The van der Waals surface area contributed by atoms with Crippen LogP contribution < -0.4 is 4.72 Å². The van der Waals surface area contributed by atoms with Gasteiger partial charge in [-0.15, -0.1) is 0 Å². The number of halogens is 6. The highest BCUT2D eigenvalue weighted by atomic mass is 32.2. The summed E-state index contributed by atoms with van der Waals surface area (Å²) in [7, 11) is -4.44. The highest BCUT2D eigenvalue weighted by Gasteiger charge is 2.40. The molecule has 5 nitrogen and oxygen atoms in total. The lowest BCUT2D eigenvalue weighted by Crippen LogP contribution is -2.47. The smallest absolute Gasteiger partial charge is 0.375 e. The molecule has 2 rings (SSSR count). The number of hydrogen-bond acceptors (Lipinski definition) is 4. The third kappa shape index (κ3) is 6.24. The molecule has 0 radical (unpaired) electrons. The molecule has 0 saturated carbocycles. The van der Waals surface area contributed by atoms with Crippen LogP contribution in [0.1, 0.15) is 12.0 Å². The van der Waals surface area contributed by atoms with E-state index in [1.54, 1.807) is 0 Å². The molecule has 1 aliphatic rings. The molecule has 1 saturated heterocycles. The van der Waals surface area contributed by atoms with E-state index in [1.807, 2.05) is 0 Å². The van der Waals surface area contributed by atoms with Crippen molar-refractivity contribution in [1.29, 1.82) is 0 Å². The lowest BCUT2D eigenvalue weighted by molar-refractivity contribution is -0.121. The van der Waals surface area contributed by atoms with Crippen LogP contribution in [0, 0.1) is 17.5 Å². The maximum absolute atomic E-state index is 13.5. The van der Waals surface area contributed by atoms with Crippen molar-refractivity contribution in [2.75, 3.05) is 19.7 Å². The second-order valence-corrected chi connectivity index (χ2v) is 8.37. The van der Waals surface area contributed by atoms with Gasteiger partial charge in [-0.1, -0.05) is 0 Å². The van der Waals surface area contributed by atoms with Gasteiger partial charge in [-0.05, 0) is 12.5 Å². The molecule has 1 N–H and O–H groups in total. The minimum atomic E-state index is -4.72. The van der Waals surface area contributed by atoms with Crippen LogP contribution in [0.15, 0.2) is 12.1 Å². The van der Waals surface area contributed by atoms with Crippen LogP contribution in [0.3, 0.4) is 0 Å². The fourth-order valence-corrected chi connectivity index (χ4v) is 4.50. The monoisotopic (exact) mass is 438 g/mol. The summed E-state index contributed by atoms with van der Waals surface area (Å²) in [4.78, 5) is 0. The normalized spacial score (nSPS) is 21.7. The number of thiol groups is 1. The number of rotatable bonds is 7.